The molecule has 2 saturated carbocycles. The summed E-state index contributed by atoms with van der Waals surface area (Å²) in [5.74, 6) is 1.33. The summed E-state index contributed by atoms with van der Waals surface area (Å²) < 4.78 is 5.45. The molecule has 7 heteroatoms. The average molecular weight is 429 g/mol. The SMILES string of the molecule is COC1CCC(C(=O)N2CC[C@@H](c3nc4c(c(=O)[nH]3)CCN(C3CCCC3)C4)C2)CC1. The van der Waals surface area contributed by atoms with Crippen LogP contribution in [0, 0.1) is 5.92 Å². The average Bonchev–Trinajstić information content (AvgIpc) is 3.51. The van der Waals surface area contributed by atoms with E-state index < -0.39 is 0 Å². The third-order valence-electron chi connectivity index (χ3n) is 8.21. The zero-order valence-electron chi connectivity index (χ0n) is 18.8. The van der Waals surface area contributed by atoms with Crippen molar-refractivity contribution in [2.24, 2.45) is 5.92 Å². The third kappa shape index (κ3) is 4.31. The van der Waals surface area contributed by atoms with Crippen molar-refractivity contribution in [1.82, 2.24) is 19.8 Å². The van der Waals surface area contributed by atoms with Gasteiger partial charge in [-0.2, -0.15) is 0 Å². The number of rotatable bonds is 4. The maximum Gasteiger partial charge on any atom is 0.254 e. The van der Waals surface area contributed by atoms with Gasteiger partial charge in [0.25, 0.3) is 5.56 Å². The first-order valence-electron chi connectivity index (χ1n) is 12.3. The first kappa shape index (κ1) is 21.1. The van der Waals surface area contributed by atoms with E-state index in [0.29, 0.717) is 18.7 Å². The molecule has 7 nitrogen and oxygen atoms in total. The topological polar surface area (TPSA) is 78.5 Å². The van der Waals surface area contributed by atoms with E-state index in [4.69, 9.17) is 9.72 Å². The molecule has 3 heterocycles. The van der Waals surface area contributed by atoms with Crippen molar-refractivity contribution in [1.29, 1.82) is 0 Å². The Balaban J connectivity index is 1.25. The highest BCUT2D eigenvalue weighted by Crippen LogP contribution is 2.32. The van der Waals surface area contributed by atoms with E-state index in [1.54, 1.807) is 7.11 Å². The number of hydrogen-bond acceptors (Lipinski definition) is 5. The van der Waals surface area contributed by atoms with Gasteiger partial charge in [-0.25, -0.2) is 4.98 Å². The summed E-state index contributed by atoms with van der Waals surface area (Å²) in [6.07, 6.45) is 11.0. The van der Waals surface area contributed by atoms with Crippen LogP contribution in [0.25, 0.3) is 0 Å². The summed E-state index contributed by atoms with van der Waals surface area (Å²) in [6.45, 7) is 3.22. The molecule has 1 aromatic heterocycles. The number of aromatic nitrogens is 2. The first-order chi connectivity index (χ1) is 15.1. The Labute approximate surface area is 184 Å². The van der Waals surface area contributed by atoms with Gasteiger partial charge in [0.1, 0.15) is 5.82 Å². The summed E-state index contributed by atoms with van der Waals surface area (Å²) in [5, 5.41) is 0. The molecule has 170 valence electrons. The van der Waals surface area contributed by atoms with Crippen LogP contribution in [0.15, 0.2) is 4.79 Å². The molecule has 2 aliphatic heterocycles. The Morgan fingerprint density at radius 3 is 2.58 bits per heavy atom. The summed E-state index contributed by atoms with van der Waals surface area (Å²) in [6, 6.07) is 0.658. The van der Waals surface area contributed by atoms with Crippen LogP contribution in [-0.4, -0.2) is 64.6 Å². The van der Waals surface area contributed by atoms with Gasteiger partial charge in [-0.05, 0) is 51.4 Å². The van der Waals surface area contributed by atoms with Crippen molar-refractivity contribution in [3.8, 4) is 0 Å². The highest BCUT2D eigenvalue weighted by molar-refractivity contribution is 5.79. The monoisotopic (exact) mass is 428 g/mol. The molecule has 0 aromatic carbocycles. The molecule has 1 atom stereocenters. The molecular weight excluding hydrogens is 392 g/mol. The van der Waals surface area contributed by atoms with Crippen LogP contribution in [0.2, 0.25) is 0 Å². The molecule has 1 N–H and O–H groups in total. The van der Waals surface area contributed by atoms with Crippen molar-refractivity contribution in [2.45, 2.75) is 88.8 Å². The fraction of sp³-hybridized carbons (Fsp3) is 0.792. The molecule has 1 amide bonds. The van der Waals surface area contributed by atoms with Crippen molar-refractivity contribution in [2.75, 3.05) is 26.7 Å². The molecular formula is C24H36N4O3. The van der Waals surface area contributed by atoms with Crippen LogP contribution in [0.1, 0.15) is 80.8 Å². The van der Waals surface area contributed by atoms with Gasteiger partial charge in [-0.15, -0.1) is 0 Å². The Kier molecular flexibility index (Phi) is 6.15. The van der Waals surface area contributed by atoms with Crippen LogP contribution in [0.4, 0.5) is 0 Å². The lowest BCUT2D eigenvalue weighted by atomic mass is 9.86. The second-order valence-corrected chi connectivity index (χ2v) is 10.0. The number of methoxy groups -OCH3 is 1. The number of amides is 1. The van der Waals surface area contributed by atoms with Gasteiger partial charge in [0.05, 0.1) is 11.8 Å². The standard InChI is InChI=1S/C24H36N4O3/c1-31-19-8-6-16(7-9-19)24(30)28-12-10-17(14-28)22-25-21-15-27(18-4-2-3-5-18)13-11-20(21)23(29)26-22/h16-19H,2-15H2,1H3,(H,25,26,29)/t16?,17-,19?/m1/s1. The summed E-state index contributed by atoms with van der Waals surface area (Å²) in [5.41, 5.74) is 1.88. The molecule has 0 spiro atoms. The quantitative estimate of drug-likeness (QED) is 0.798. The van der Waals surface area contributed by atoms with Gasteiger partial charge >= 0.3 is 0 Å². The molecule has 1 saturated heterocycles. The van der Waals surface area contributed by atoms with E-state index in [0.717, 1.165) is 75.2 Å². The molecule has 3 fully saturated rings. The second-order valence-electron chi connectivity index (χ2n) is 10.0. The highest BCUT2D eigenvalue weighted by atomic mass is 16.5. The zero-order valence-corrected chi connectivity index (χ0v) is 18.8. The number of fused-ring (bicyclic) bond motifs is 1. The molecule has 4 aliphatic rings. The van der Waals surface area contributed by atoms with Gasteiger partial charge in [0, 0.05) is 56.7 Å². The Hall–Kier alpha value is -1.73. The predicted molar refractivity (Wildman–Crippen MR) is 118 cm³/mol. The fourth-order valence-corrected chi connectivity index (χ4v) is 6.24. The normalized spacial score (nSPS) is 30.0. The zero-order chi connectivity index (χ0) is 21.4. The summed E-state index contributed by atoms with van der Waals surface area (Å²) >= 11 is 0. The Morgan fingerprint density at radius 1 is 1.06 bits per heavy atom. The number of H-pyrrole nitrogens is 1. The van der Waals surface area contributed by atoms with Crippen molar-refractivity contribution in [3.05, 3.63) is 27.4 Å². The molecule has 0 bridgehead atoms. The van der Waals surface area contributed by atoms with E-state index in [1.807, 2.05) is 4.90 Å². The van der Waals surface area contributed by atoms with Crippen molar-refractivity contribution < 1.29 is 9.53 Å². The molecule has 5 rings (SSSR count). The number of carbonyl (C=O) groups excluding carboxylic acids is 1. The van der Waals surface area contributed by atoms with Gasteiger partial charge in [-0.1, -0.05) is 12.8 Å². The van der Waals surface area contributed by atoms with Crippen LogP contribution in [-0.2, 0) is 22.5 Å². The second kappa shape index (κ2) is 9.02. The number of nitrogens with zero attached hydrogens (tertiary/aromatic N) is 3. The number of hydrogen-bond donors (Lipinski definition) is 1. The van der Waals surface area contributed by atoms with Gasteiger partial charge in [0.15, 0.2) is 0 Å². The minimum atomic E-state index is 0.0359. The summed E-state index contributed by atoms with van der Waals surface area (Å²) in [7, 11) is 1.76. The number of likely N-dealkylation sites (tertiary alicyclic amines) is 1. The van der Waals surface area contributed by atoms with E-state index in [1.165, 1.54) is 25.7 Å². The Bertz CT molecular complexity index is 855. The number of ether oxygens (including phenoxy) is 1. The van der Waals surface area contributed by atoms with Gasteiger partial charge < -0.3 is 14.6 Å². The lowest BCUT2D eigenvalue weighted by Crippen LogP contribution is -2.41. The van der Waals surface area contributed by atoms with Crippen LogP contribution >= 0.6 is 0 Å². The Morgan fingerprint density at radius 2 is 1.84 bits per heavy atom. The third-order valence-corrected chi connectivity index (χ3v) is 8.21. The van der Waals surface area contributed by atoms with Crippen molar-refractivity contribution >= 4 is 5.91 Å². The largest absolute Gasteiger partial charge is 0.381 e. The van der Waals surface area contributed by atoms with Gasteiger partial charge in [0.2, 0.25) is 5.91 Å². The van der Waals surface area contributed by atoms with E-state index in [2.05, 4.69) is 9.88 Å². The maximum atomic E-state index is 13.0. The minimum Gasteiger partial charge on any atom is -0.381 e. The minimum absolute atomic E-state index is 0.0359. The van der Waals surface area contributed by atoms with Crippen LogP contribution in [0.3, 0.4) is 0 Å². The molecule has 1 aromatic rings. The van der Waals surface area contributed by atoms with E-state index >= 15 is 0 Å². The van der Waals surface area contributed by atoms with E-state index in [-0.39, 0.29) is 23.3 Å². The van der Waals surface area contributed by atoms with Crippen molar-refractivity contribution in [3.63, 3.8) is 0 Å². The van der Waals surface area contributed by atoms with Crippen LogP contribution < -0.4 is 5.56 Å². The molecule has 2 aliphatic carbocycles. The fourth-order valence-electron chi connectivity index (χ4n) is 6.24. The lowest BCUT2D eigenvalue weighted by Gasteiger charge is -2.33. The predicted octanol–water partition coefficient (Wildman–Crippen LogP) is 2.59. The first-order valence-corrected chi connectivity index (χ1v) is 12.3. The number of nitrogens with one attached hydrogen (secondary N) is 1. The molecule has 0 unspecified atom stereocenters. The van der Waals surface area contributed by atoms with Crippen LogP contribution in [0.5, 0.6) is 0 Å². The highest BCUT2D eigenvalue weighted by Gasteiger charge is 2.35. The van der Waals surface area contributed by atoms with E-state index in [9.17, 15) is 9.59 Å². The molecule has 31 heavy (non-hydrogen) atoms. The van der Waals surface area contributed by atoms with Gasteiger partial charge in [-0.3, -0.25) is 14.5 Å². The smallest absolute Gasteiger partial charge is 0.254 e. The maximum absolute atomic E-state index is 13.0. The number of carbonyl (C=O) groups is 1. The lowest BCUT2D eigenvalue weighted by molar-refractivity contribution is -0.136. The molecule has 0 radical (unpaired) electrons. The summed E-state index contributed by atoms with van der Waals surface area (Å²) in [4.78, 5) is 38.4. The number of aromatic amines is 1.